The van der Waals surface area contributed by atoms with E-state index in [1.54, 1.807) is 0 Å². The van der Waals surface area contributed by atoms with E-state index in [9.17, 15) is 0 Å². The molecule has 0 amide bonds. The molecule has 3 aromatic carbocycles. The fourth-order valence-corrected chi connectivity index (χ4v) is 6.07. The van der Waals surface area contributed by atoms with Gasteiger partial charge in [0.15, 0.2) is 5.96 Å². The molecule has 150 valence electrons. The molecule has 0 spiro atoms. The van der Waals surface area contributed by atoms with Crippen molar-refractivity contribution in [2.75, 3.05) is 24.2 Å². The largest absolute Gasteiger partial charge is 0.353 e. The number of hydrogen-bond donors (Lipinski definition) is 1. The lowest BCUT2D eigenvalue weighted by atomic mass is 9.98. The molecule has 2 aliphatic rings. The predicted molar refractivity (Wildman–Crippen MR) is 130 cm³/mol. The van der Waals surface area contributed by atoms with Gasteiger partial charge in [-0.25, -0.2) is 4.99 Å². The molecule has 1 saturated heterocycles. The third-order valence-corrected chi connectivity index (χ3v) is 7.94. The highest BCUT2D eigenvalue weighted by atomic mass is 79.9. The molecule has 1 fully saturated rings. The molecule has 0 bridgehead atoms. The molecule has 1 N–H and O–H groups in total. The van der Waals surface area contributed by atoms with E-state index >= 15 is 0 Å². The predicted octanol–water partition coefficient (Wildman–Crippen LogP) is 5.41. The summed E-state index contributed by atoms with van der Waals surface area (Å²) in [5, 5.41) is 10.0. The Hall–Kier alpha value is -1.72. The van der Waals surface area contributed by atoms with Crippen LogP contribution in [0, 0.1) is 0 Å². The van der Waals surface area contributed by atoms with Gasteiger partial charge in [-0.1, -0.05) is 64.5 Å². The molecule has 3 nitrogen and oxygen atoms in total. The van der Waals surface area contributed by atoms with Gasteiger partial charge in [0.05, 0.1) is 6.04 Å². The van der Waals surface area contributed by atoms with Gasteiger partial charge in [0, 0.05) is 36.0 Å². The first-order valence-corrected chi connectivity index (χ1v) is 12.7. The summed E-state index contributed by atoms with van der Waals surface area (Å²) in [5.41, 5.74) is 1.46. The van der Waals surface area contributed by atoms with Gasteiger partial charge >= 0.3 is 0 Å². The van der Waals surface area contributed by atoms with Gasteiger partial charge in [0.2, 0.25) is 0 Å². The zero-order valence-corrected chi connectivity index (χ0v) is 18.9. The van der Waals surface area contributed by atoms with Crippen molar-refractivity contribution in [3.63, 3.8) is 0 Å². The number of hydrogen-bond acceptors (Lipinski definition) is 4. The summed E-state index contributed by atoms with van der Waals surface area (Å²) in [5.74, 6) is 3.23. The van der Waals surface area contributed by atoms with Crippen LogP contribution in [0.5, 0.6) is 0 Å². The van der Waals surface area contributed by atoms with E-state index in [1.807, 2.05) is 11.8 Å². The van der Waals surface area contributed by atoms with Crippen LogP contribution in [0.25, 0.3) is 21.5 Å². The summed E-state index contributed by atoms with van der Waals surface area (Å²) >= 11 is 5.64. The first kappa shape index (κ1) is 19.3. The molecule has 5 rings (SSSR count). The third kappa shape index (κ3) is 3.99. The standard InChI is InChI=1S/C24H26BrN3S/c25-14-19-9-11-28-12-10-20(27-24(28)26-19)15-29-16-23-21-7-3-1-5-17(21)13-18-6-2-4-8-22(18)23/h1-8,13,19-20H,9-12,14-16H2,(H,26,27)/t19-,20-/m1/s1. The number of halogens is 1. The minimum atomic E-state index is 0.411. The Balaban J connectivity index is 1.33. The zero-order chi connectivity index (χ0) is 19.6. The first-order valence-electron chi connectivity index (χ1n) is 10.4. The quantitative estimate of drug-likeness (QED) is 0.401. The number of thioether (sulfide) groups is 1. The highest BCUT2D eigenvalue weighted by molar-refractivity contribution is 9.09. The molecular formula is C24H26BrN3S. The van der Waals surface area contributed by atoms with Gasteiger partial charge < -0.3 is 10.2 Å². The molecule has 0 radical (unpaired) electrons. The lowest BCUT2D eigenvalue weighted by molar-refractivity contribution is 0.305. The first-order chi connectivity index (χ1) is 14.3. The molecule has 0 aliphatic carbocycles. The van der Waals surface area contributed by atoms with E-state index in [-0.39, 0.29) is 0 Å². The fraction of sp³-hybridized carbons (Fsp3) is 0.375. The van der Waals surface area contributed by atoms with Gasteiger partial charge in [0.25, 0.3) is 0 Å². The van der Waals surface area contributed by atoms with Crippen LogP contribution in [0.2, 0.25) is 0 Å². The molecule has 5 heteroatoms. The van der Waals surface area contributed by atoms with Crippen molar-refractivity contribution in [1.82, 2.24) is 10.2 Å². The maximum atomic E-state index is 5.05. The molecule has 2 heterocycles. The van der Waals surface area contributed by atoms with E-state index in [4.69, 9.17) is 4.99 Å². The van der Waals surface area contributed by atoms with Gasteiger partial charge in [-0.2, -0.15) is 11.8 Å². The van der Waals surface area contributed by atoms with Crippen LogP contribution in [-0.4, -0.2) is 47.1 Å². The Kier molecular flexibility index (Phi) is 5.69. The average Bonchev–Trinajstić information content (AvgIpc) is 2.78. The SMILES string of the molecule is BrC[C@H]1CCN2CC[C@H](CSCc3c4ccccc4cc4ccccc34)N=C2N1. The van der Waals surface area contributed by atoms with Gasteiger partial charge in [-0.15, -0.1) is 0 Å². The molecule has 0 unspecified atom stereocenters. The summed E-state index contributed by atoms with van der Waals surface area (Å²) in [7, 11) is 0. The van der Waals surface area contributed by atoms with Crippen molar-refractivity contribution in [2.24, 2.45) is 4.99 Å². The zero-order valence-electron chi connectivity index (χ0n) is 16.5. The molecule has 29 heavy (non-hydrogen) atoms. The van der Waals surface area contributed by atoms with Crippen LogP contribution >= 0.6 is 27.7 Å². The second-order valence-corrected chi connectivity index (χ2v) is 9.66. The second-order valence-electron chi connectivity index (χ2n) is 7.98. The maximum Gasteiger partial charge on any atom is 0.194 e. The normalized spacial score (nSPS) is 21.7. The average molecular weight is 468 g/mol. The van der Waals surface area contributed by atoms with E-state index in [1.165, 1.54) is 33.5 Å². The summed E-state index contributed by atoms with van der Waals surface area (Å²) in [4.78, 5) is 7.46. The lowest BCUT2D eigenvalue weighted by Gasteiger charge is -2.39. The minimum Gasteiger partial charge on any atom is -0.353 e. The molecule has 2 atom stereocenters. The monoisotopic (exact) mass is 467 g/mol. The van der Waals surface area contributed by atoms with Gasteiger partial charge in [0.1, 0.15) is 0 Å². The van der Waals surface area contributed by atoms with Gasteiger partial charge in [-0.05, 0) is 46.0 Å². The van der Waals surface area contributed by atoms with Crippen molar-refractivity contribution in [1.29, 1.82) is 0 Å². The lowest BCUT2D eigenvalue weighted by Crippen LogP contribution is -2.56. The van der Waals surface area contributed by atoms with Crippen molar-refractivity contribution in [2.45, 2.75) is 30.7 Å². The van der Waals surface area contributed by atoms with Crippen LogP contribution in [0.1, 0.15) is 18.4 Å². The molecule has 3 aromatic rings. The van der Waals surface area contributed by atoms with Crippen molar-refractivity contribution in [3.8, 4) is 0 Å². The number of nitrogens with zero attached hydrogens (tertiary/aromatic N) is 2. The Morgan fingerprint density at radius 1 is 1.00 bits per heavy atom. The van der Waals surface area contributed by atoms with Crippen LogP contribution in [0.4, 0.5) is 0 Å². The Bertz CT molecular complexity index is 997. The van der Waals surface area contributed by atoms with E-state index in [0.717, 1.165) is 42.3 Å². The van der Waals surface area contributed by atoms with Crippen molar-refractivity contribution < 1.29 is 0 Å². The van der Waals surface area contributed by atoms with E-state index < -0.39 is 0 Å². The summed E-state index contributed by atoms with van der Waals surface area (Å²) in [6.07, 6.45) is 2.35. The summed E-state index contributed by atoms with van der Waals surface area (Å²) in [6.45, 7) is 2.26. The molecule has 0 saturated carbocycles. The second kappa shape index (κ2) is 8.57. The minimum absolute atomic E-state index is 0.411. The number of guanidine groups is 1. The van der Waals surface area contributed by atoms with Gasteiger partial charge in [-0.3, -0.25) is 0 Å². The maximum absolute atomic E-state index is 5.05. The van der Waals surface area contributed by atoms with Crippen LogP contribution in [0.15, 0.2) is 59.6 Å². The number of nitrogens with one attached hydrogen (secondary N) is 1. The number of fused-ring (bicyclic) bond motifs is 3. The van der Waals surface area contributed by atoms with Crippen molar-refractivity contribution >= 4 is 55.2 Å². The topological polar surface area (TPSA) is 27.6 Å². The van der Waals surface area contributed by atoms with Crippen LogP contribution in [0.3, 0.4) is 0 Å². The van der Waals surface area contributed by atoms with Crippen molar-refractivity contribution in [3.05, 3.63) is 60.2 Å². The Morgan fingerprint density at radius 3 is 2.41 bits per heavy atom. The van der Waals surface area contributed by atoms with Crippen LogP contribution < -0.4 is 5.32 Å². The molecule has 0 aromatic heterocycles. The third-order valence-electron chi connectivity index (χ3n) is 6.04. The van der Waals surface area contributed by atoms with E-state index in [2.05, 4.69) is 80.7 Å². The highest BCUT2D eigenvalue weighted by Crippen LogP contribution is 2.32. The summed E-state index contributed by atoms with van der Waals surface area (Å²) in [6, 6.07) is 20.8. The molecular weight excluding hydrogens is 442 g/mol. The number of alkyl halides is 1. The Morgan fingerprint density at radius 2 is 1.69 bits per heavy atom. The number of benzene rings is 3. The number of aliphatic imine (C=N–C) groups is 1. The highest BCUT2D eigenvalue weighted by Gasteiger charge is 2.27. The van der Waals surface area contributed by atoms with Crippen LogP contribution in [-0.2, 0) is 5.75 Å². The van der Waals surface area contributed by atoms with E-state index in [0.29, 0.717) is 12.1 Å². The smallest absolute Gasteiger partial charge is 0.194 e. The molecule has 2 aliphatic heterocycles. The summed E-state index contributed by atoms with van der Waals surface area (Å²) < 4.78 is 0. The Labute approximate surface area is 185 Å². The fourth-order valence-electron chi connectivity index (χ4n) is 4.44. The number of rotatable bonds is 5.